The fraction of sp³-hybridized carbons (Fsp3) is 0.176. The maximum atomic E-state index is 12.9. The normalized spacial score (nSPS) is 13.2. The number of ether oxygens (including phenoxy) is 1. The van der Waals surface area contributed by atoms with Crippen molar-refractivity contribution in [1.82, 2.24) is 3.97 Å². The van der Waals surface area contributed by atoms with Crippen LogP contribution in [0.25, 0.3) is 10.9 Å². The highest BCUT2D eigenvalue weighted by atomic mass is 32.2. The molecule has 3 rings (SSSR count). The van der Waals surface area contributed by atoms with E-state index in [0.717, 1.165) is 5.39 Å². The van der Waals surface area contributed by atoms with Crippen LogP contribution in [0.5, 0.6) is 5.75 Å². The molecule has 5 nitrogen and oxygen atoms in total. The molecule has 0 aliphatic rings. The van der Waals surface area contributed by atoms with Crippen LogP contribution in [0.3, 0.4) is 0 Å². The smallest absolute Gasteiger partial charge is 0.268 e. The Kier molecular flexibility index (Phi) is 3.87. The number of aliphatic hydroxyl groups is 1. The van der Waals surface area contributed by atoms with Crippen LogP contribution in [-0.4, -0.2) is 24.6 Å². The summed E-state index contributed by atoms with van der Waals surface area (Å²) in [6.07, 6.45) is 0.724. The second-order valence-corrected chi connectivity index (χ2v) is 7.07. The molecule has 2 aromatic carbocycles. The summed E-state index contributed by atoms with van der Waals surface area (Å²) in [6, 6.07) is 13.3. The molecule has 0 amide bonds. The topological polar surface area (TPSA) is 68.5 Å². The zero-order valence-corrected chi connectivity index (χ0v) is 13.6. The van der Waals surface area contributed by atoms with E-state index in [9.17, 15) is 13.5 Å². The largest absolute Gasteiger partial charge is 0.497 e. The summed E-state index contributed by atoms with van der Waals surface area (Å²) in [7, 11) is -2.23. The second-order valence-electron chi connectivity index (χ2n) is 5.25. The molecule has 1 aromatic heterocycles. The molecule has 0 aliphatic heterocycles. The minimum absolute atomic E-state index is 0.163. The summed E-state index contributed by atoms with van der Waals surface area (Å²) in [5.74, 6) is 0.589. The summed E-state index contributed by atoms with van der Waals surface area (Å²) in [5.41, 5.74) is 1.12. The van der Waals surface area contributed by atoms with Crippen molar-refractivity contribution < 1.29 is 18.3 Å². The zero-order valence-electron chi connectivity index (χ0n) is 12.8. The van der Waals surface area contributed by atoms with Gasteiger partial charge in [0, 0.05) is 17.1 Å². The molecule has 23 heavy (non-hydrogen) atoms. The van der Waals surface area contributed by atoms with Gasteiger partial charge in [-0.25, -0.2) is 12.4 Å². The fourth-order valence-corrected chi connectivity index (χ4v) is 3.95. The molecule has 1 N–H and O–H groups in total. The minimum Gasteiger partial charge on any atom is -0.497 e. The van der Waals surface area contributed by atoms with Gasteiger partial charge in [0.25, 0.3) is 10.0 Å². The lowest BCUT2D eigenvalue weighted by molar-refractivity contribution is 0.201. The van der Waals surface area contributed by atoms with Gasteiger partial charge in [0.05, 0.1) is 23.6 Å². The van der Waals surface area contributed by atoms with E-state index in [-0.39, 0.29) is 4.90 Å². The van der Waals surface area contributed by atoms with Crippen molar-refractivity contribution in [3.8, 4) is 5.75 Å². The number of para-hydroxylation sites is 1. The first-order chi connectivity index (χ1) is 10.9. The van der Waals surface area contributed by atoms with Gasteiger partial charge in [-0.1, -0.05) is 18.2 Å². The van der Waals surface area contributed by atoms with Gasteiger partial charge in [-0.3, -0.25) is 0 Å². The van der Waals surface area contributed by atoms with Crippen LogP contribution in [0, 0.1) is 0 Å². The summed E-state index contributed by atoms with van der Waals surface area (Å²) in [5, 5.41) is 10.6. The van der Waals surface area contributed by atoms with Crippen molar-refractivity contribution >= 4 is 20.9 Å². The Morgan fingerprint density at radius 1 is 1.09 bits per heavy atom. The average Bonchev–Trinajstić information content (AvgIpc) is 2.95. The third kappa shape index (κ3) is 2.60. The van der Waals surface area contributed by atoms with Crippen molar-refractivity contribution in [3.05, 3.63) is 60.3 Å². The highest BCUT2D eigenvalue weighted by Crippen LogP contribution is 2.29. The molecule has 0 radical (unpaired) electrons. The van der Waals surface area contributed by atoms with Crippen LogP contribution in [0.4, 0.5) is 0 Å². The predicted octanol–water partition coefficient (Wildman–Crippen LogP) is 2.94. The average molecular weight is 331 g/mol. The first-order valence-corrected chi connectivity index (χ1v) is 8.57. The second kappa shape index (κ2) is 5.72. The molecule has 1 unspecified atom stereocenters. The van der Waals surface area contributed by atoms with E-state index in [4.69, 9.17) is 4.74 Å². The number of aromatic nitrogens is 1. The number of aliphatic hydroxyl groups excluding tert-OH is 1. The number of fused-ring (bicyclic) bond motifs is 1. The molecular formula is C17H17NO4S. The Bertz CT molecular complexity index is 940. The van der Waals surface area contributed by atoms with E-state index < -0.39 is 16.1 Å². The van der Waals surface area contributed by atoms with E-state index >= 15 is 0 Å². The van der Waals surface area contributed by atoms with E-state index in [1.165, 1.54) is 29.4 Å². The Hall–Kier alpha value is -2.31. The van der Waals surface area contributed by atoms with Crippen molar-refractivity contribution in [2.75, 3.05) is 7.11 Å². The minimum atomic E-state index is -3.75. The summed E-state index contributed by atoms with van der Waals surface area (Å²) in [4.78, 5) is 0.163. The molecule has 0 fully saturated rings. The number of hydrogen-bond acceptors (Lipinski definition) is 4. The highest BCUT2D eigenvalue weighted by molar-refractivity contribution is 7.90. The van der Waals surface area contributed by atoms with Crippen LogP contribution in [0.2, 0.25) is 0 Å². The van der Waals surface area contributed by atoms with E-state index in [1.807, 2.05) is 6.07 Å². The molecule has 1 heterocycles. The highest BCUT2D eigenvalue weighted by Gasteiger charge is 2.22. The van der Waals surface area contributed by atoms with Crippen LogP contribution < -0.4 is 4.74 Å². The molecule has 0 spiro atoms. The predicted molar refractivity (Wildman–Crippen MR) is 88.1 cm³/mol. The number of nitrogens with zero attached hydrogens (tertiary/aromatic N) is 1. The van der Waals surface area contributed by atoms with E-state index in [0.29, 0.717) is 16.8 Å². The Labute approximate surface area is 134 Å². The van der Waals surface area contributed by atoms with E-state index in [2.05, 4.69) is 0 Å². The number of methoxy groups -OCH3 is 1. The van der Waals surface area contributed by atoms with Gasteiger partial charge in [-0.05, 0) is 37.3 Å². The molecule has 0 aliphatic carbocycles. The number of benzene rings is 2. The fourth-order valence-electron chi connectivity index (χ4n) is 2.57. The van der Waals surface area contributed by atoms with Gasteiger partial charge in [-0.2, -0.15) is 0 Å². The molecule has 0 bridgehead atoms. The van der Waals surface area contributed by atoms with Gasteiger partial charge >= 0.3 is 0 Å². The molecule has 3 aromatic rings. The lowest BCUT2D eigenvalue weighted by atomic mass is 10.1. The van der Waals surface area contributed by atoms with Crippen LogP contribution in [0.15, 0.2) is 59.6 Å². The first-order valence-electron chi connectivity index (χ1n) is 7.13. The maximum Gasteiger partial charge on any atom is 0.268 e. The monoisotopic (exact) mass is 331 g/mol. The van der Waals surface area contributed by atoms with Gasteiger partial charge in [0.2, 0.25) is 0 Å². The first kappa shape index (κ1) is 15.6. The van der Waals surface area contributed by atoms with Gasteiger partial charge in [0.15, 0.2) is 0 Å². The third-order valence-electron chi connectivity index (χ3n) is 3.78. The molecule has 0 saturated heterocycles. The SMILES string of the molecule is COc1ccc(S(=O)(=O)n2cc(C(C)O)c3ccccc32)cc1. The number of rotatable bonds is 4. The van der Waals surface area contributed by atoms with Crippen molar-refractivity contribution in [1.29, 1.82) is 0 Å². The Morgan fingerprint density at radius 3 is 2.35 bits per heavy atom. The van der Waals surface area contributed by atoms with E-state index in [1.54, 1.807) is 37.3 Å². The molecular weight excluding hydrogens is 314 g/mol. The Balaban J connectivity index is 2.22. The lowest BCUT2D eigenvalue weighted by Gasteiger charge is -2.08. The van der Waals surface area contributed by atoms with Gasteiger partial charge < -0.3 is 9.84 Å². The lowest BCUT2D eigenvalue weighted by Crippen LogP contribution is -2.11. The molecule has 0 saturated carbocycles. The van der Waals surface area contributed by atoms with Crippen LogP contribution in [0.1, 0.15) is 18.6 Å². The summed E-state index contributed by atoms with van der Waals surface area (Å²) < 4.78 is 32.1. The molecule has 1 atom stereocenters. The zero-order chi connectivity index (χ0) is 16.6. The van der Waals surface area contributed by atoms with Gasteiger partial charge in [0.1, 0.15) is 5.75 Å². The molecule has 120 valence electrons. The number of hydrogen-bond donors (Lipinski definition) is 1. The van der Waals surface area contributed by atoms with Gasteiger partial charge in [-0.15, -0.1) is 0 Å². The molecule has 6 heteroatoms. The summed E-state index contributed by atoms with van der Waals surface area (Å²) >= 11 is 0. The standard InChI is InChI=1S/C17H17NO4S/c1-12(19)16-11-18(17-6-4-3-5-15(16)17)23(20,21)14-9-7-13(22-2)8-10-14/h3-12,19H,1-2H3. The maximum absolute atomic E-state index is 12.9. The Morgan fingerprint density at radius 2 is 1.74 bits per heavy atom. The third-order valence-corrected chi connectivity index (χ3v) is 5.46. The van der Waals surface area contributed by atoms with Crippen molar-refractivity contribution in [2.45, 2.75) is 17.9 Å². The summed E-state index contributed by atoms with van der Waals surface area (Å²) in [6.45, 7) is 1.62. The quantitative estimate of drug-likeness (QED) is 0.798. The van der Waals surface area contributed by atoms with Crippen molar-refractivity contribution in [2.24, 2.45) is 0 Å². The van der Waals surface area contributed by atoms with Crippen LogP contribution >= 0.6 is 0 Å². The van der Waals surface area contributed by atoms with Crippen LogP contribution in [-0.2, 0) is 10.0 Å². The van der Waals surface area contributed by atoms with Crippen molar-refractivity contribution in [3.63, 3.8) is 0 Å².